The third-order valence-corrected chi connectivity index (χ3v) is 5.53. The smallest absolute Gasteiger partial charge is 0.329 e. The molecule has 1 fully saturated rings. The van der Waals surface area contributed by atoms with Gasteiger partial charge in [0.1, 0.15) is 18.5 Å². The molecule has 1 aliphatic rings. The number of aryl methyl sites for hydroxylation is 1. The number of halogens is 2. The number of benzene rings is 1. The molecule has 0 bridgehead atoms. The predicted octanol–water partition coefficient (Wildman–Crippen LogP) is 1.01. The van der Waals surface area contributed by atoms with Crippen LogP contribution in [0.4, 0.5) is 5.95 Å². The summed E-state index contributed by atoms with van der Waals surface area (Å²) in [4.78, 5) is 33.4. The van der Waals surface area contributed by atoms with E-state index < -0.39 is 17.4 Å². The zero-order valence-electron chi connectivity index (χ0n) is 16.7. The van der Waals surface area contributed by atoms with Crippen LogP contribution < -0.4 is 20.9 Å². The average molecular weight is 470 g/mol. The highest BCUT2D eigenvalue weighted by Gasteiger charge is 2.24. The number of aromatic amines is 1. The maximum Gasteiger partial charge on any atom is 0.329 e. The van der Waals surface area contributed by atoms with Crippen LogP contribution in [0.2, 0.25) is 10.0 Å². The molecule has 12 heteroatoms. The first-order valence-electron chi connectivity index (χ1n) is 9.63. The maximum atomic E-state index is 12.6. The van der Waals surface area contributed by atoms with E-state index in [4.69, 9.17) is 32.7 Å². The van der Waals surface area contributed by atoms with Crippen molar-refractivity contribution >= 4 is 40.3 Å². The summed E-state index contributed by atoms with van der Waals surface area (Å²) < 4.78 is 13.9. The largest absolute Gasteiger partial charge is 0.489 e. The first-order chi connectivity index (χ1) is 14.8. The first kappa shape index (κ1) is 21.7. The van der Waals surface area contributed by atoms with Crippen LogP contribution in [0, 0.1) is 0 Å². The van der Waals surface area contributed by atoms with Crippen molar-refractivity contribution in [3.05, 3.63) is 49.1 Å². The van der Waals surface area contributed by atoms with Crippen LogP contribution in [0.1, 0.15) is 0 Å². The van der Waals surface area contributed by atoms with Gasteiger partial charge in [-0.2, -0.15) is 4.98 Å². The number of aromatic nitrogens is 4. The van der Waals surface area contributed by atoms with Gasteiger partial charge in [-0.3, -0.25) is 14.3 Å². The highest BCUT2D eigenvalue weighted by atomic mass is 35.5. The van der Waals surface area contributed by atoms with Crippen LogP contribution in [0.25, 0.3) is 11.2 Å². The van der Waals surface area contributed by atoms with Gasteiger partial charge in [0.05, 0.1) is 24.8 Å². The van der Waals surface area contributed by atoms with Crippen molar-refractivity contribution in [2.45, 2.75) is 12.6 Å². The Morgan fingerprint density at radius 3 is 2.74 bits per heavy atom. The minimum absolute atomic E-state index is 0.0235. The number of imidazole rings is 1. The molecule has 2 N–H and O–H groups in total. The molecular formula is C19H21Cl2N5O5. The Balaban J connectivity index is 1.65. The van der Waals surface area contributed by atoms with Crippen molar-refractivity contribution in [1.82, 2.24) is 19.1 Å². The Bertz CT molecular complexity index is 1210. The number of aliphatic hydroxyl groups is 1. The number of rotatable bonds is 6. The van der Waals surface area contributed by atoms with Gasteiger partial charge in [-0.05, 0) is 18.2 Å². The van der Waals surface area contributed by atoms with Gasteiger partial charge in [-0.1, -0.05) is 23.2 Å². The Kier molecular flexibility index (Phi) is 6.24. The summed E-state index contributed by atoms with van der Waals surface area (Å²) >= 11 is 12.0. The third kappa shape index (κ3) is 4.42. The van der Waals surface area contributed by atoms with Crippen LogP contribution in [-0.2, 0) is 18.3 Å². The Morgan fingerprint density at radius 2 is 2.03 bits per heavy atom. The second-order valence-corrected chi connectivity index (χ2v) is 8.00. The van der Waals surface area contributed by atoms with Gasteiger partial charge >= 0.3 is 5.69 Å². The lowest BCUT2D eigenvalue weighted by Gasteiger charge is -2.28. The van der Waals surface area contributed by atoms with E-state index in [1.165, 1.54) is 11.6 Å². The molecule has 0 aliphatic carbocycles. The molecule has 166 valence electrons. The molecule has 0 saturated carbocycles. The van der Waals surface area contributed by atoms with Gasteiger partial charge in [-0.15, -0.1) is 0 Å². The van der Waals surface area contributed by atoms with Crippen LogP contribution >= 0.6 is 23.2 Å². The molecule has 1 unspecified atom stereocenters. The lowest BCUT2D eigenvalue weighted by molar-refractivity contribution is 0.0928. The van der Waals surface area contributed by atoms with Crippen LogP contribution in [0.3, 0.4) is 0 Å². The van der Waals surface area contributed by atoms with Gasteiger partial charge < -0.3 is 24.0 Å². The van der Waals surface area contributed by atoms with Crippen molar-refractivity contribution in [1.29, 1.82) is 0 Å². The summed E-state index contributed by atoms with van der Waals surface area (Å²) in [7, 11) is 1.53. The Labute approximate surface area is 186 Å². The van der Waals surface area contributed by atoms with Gasteiger partial charge in [0.15, 0.2) is 11.2 Å². The lowest BCUT2D eigenvalue weighted by atomic mass is 10.3. The number of aliphatic hydroxyl groups excluding tert-OH is 1. The summed E-state index contributed by atoms with van der Waals surface area (Å²) in [6.45, 7) is 2.12. The first-order valence-corrected chi connectivity index (χ1v) is 10.4. The zero-order chi connectivity index (χ0) is 22.1. The number of ether oxygens (including phenoxy) is 2. The number of nitrogens with zero attached hydrogens (tertiary/aromatic N) is 4. The van der Waals surface area contributed by atoms with E-state index in [9.17, 15) is 14.7 Å². The van der Waals surface area contributed by atoms with E-state index in [1.54, 1.807) is 22.8 Å². The molecule has 1 atom stereocenters. The van der Waals surface area contributed by atoms with Crippen molar-refractivity contribution < 1.29 is 14.6 Å². The second kappa shape index (κ2) is 8.91. The molecule has 31 heavy (non-hydrogen) atoms. The molecule has 10 nitrogen and oxygen atoms in total. The fraction of sp³-hybridized carbons (Fsp3) is 0.421. The number of hydrogen-bond donors (Lipinski definition) is 2. The van der Waals surface area contributed by atoms with Gasteiger partial charge in [0, 0.05) is 25.2 Å². The standard InChI is InChI=1S/C19H21Cl2N5O5/c1-24-16-15(17(28)23-19(24)29)26(18(22-16)25-4-6-30-7-5-25)9-12(27)10-31-14-3-2-11(20)8-13(14)21/h2-3,8,12,27H,4-7,9-10H2,1H3,(H,23,28,29). The molecule has 0 amide bonds. The highest BCUT2D eigenvalue weighted by molar-refractivity contribution is 6.35. The second-order valence-electron chi connectivity index (χ2n) is 7.15. The van der Waals surface area contributed by atoms with Crippen molar-refractivity contribution in [3.63, 3.8) is 0 Å². The maximum absolute atomic E-state index is 12.6. The lowest BCUT2D eigenvalue weighted by Crippen LogP contribution is -2.39. The van der Waals surface area contributed by atoms with E-state index in [-0.39, 0.29) is 24.3 Å². The molecule has 1 aromatic carbocycles. The normalized spacial score (nSPS) is 15.4. The SMILES string of the molecule is Cn1c(=O)[nH]c(=O)c2c1nc(N1CCOCC1)n2CC(O)COc1ccc(Cl)cc1Cl. The Morgan fingerprint density at radius 1 is 1.29 bits per heavy atom. The third-order valence-electron chi connectivity index (χ3n) is 5.00. The topological polar surface area (TPSA) is 115 Å². The molecule has 0 spiro atoms. The summed E-state index contributed by atoms with van der Waals surface area (Å²) in [5, 5.41) is 11.5. The summed E-state index contributed by atoms with van der Waals surface area (Å²) in [6.07, 6.45) is -0.986. The van der Waals surface area contributed by atoms with Crippen LogP contribution in [0.5, 0.6) is 5.75 Å². The van der Waals surface area contributed by atoms with Crippen LogP contribution in [-0.4, -0.2) is 63.2 Å². The van der Waals surface area contributed by atoms with Gasteiger partial charge in [-0.25, -0.2) is 4.79 Å². The van der Waals surface area contributed by atoms with Crippen molar-refractivity contribution in [2.24, 2.45) is 7.05 Å². The number of nitrogens with one attached hydrogen (secondary N) is 1. The summed E-state index contributed by atoms with van der Waals surface area (Å²) in [5.41, 5.74) is -0.688. The molecule has 1 saturated heterocycles. The van der Waals surface area contributed by atoms with E-state index in [0.717, 1.165) is 0 Å². The Hall–Kier alpha value is -2.53. The van der Waals surface area contributed by atoms with E-state index in [0.29, 0.717) is 48.0 Å². The fourth-order valence-electron chi connectivity index (χ4n) is 3.44. The molecule has 3 heterocycles. The van der Waals surface area contributed by atoms with Crippen LogP contribution in [0.15, 0.2) is 27.8 Å². The number of anilines is 1. The number of morpholine rings is 1. The molecule has 3 aromatic rings. The number of hydrogen-bond acceptors (Lipinski definition) is 7. The molecule has 4 rings (SSSR count). The number of H-pyrrole nitrogens is 1. The predicted molar refractivity (Wildman–Crippen MR) is 117 cm³/mol. The minimum Gasteiger partial charge on any atom is -0.489 e. The van der Waals surface area contributed by atoms with E-state index in [1.807, 2.05) is 4.90 Å². The number of fused-ring (bicyclic) bond motifs is 1. The fourth-order valence-corrected chi connectivity index (χ4v) is 3.91. The quantitative estimate of drug-likeness (QED) is 0.553. The molecule has 0 radical (unpaired) electrons. The van der Waals surface area contributed by atoms with E-state index >= 15 is 0 Å². The highest BCUT2D eigenvalue weighted by Crippen LogP contribution is 2.28. The van der Waals surface area contributed by atoms with E-state index in [2.05, 4.69) is 9.97 Å². The molecule has 2 aromatic heterocycles. The van der Waals surface area contributed by atoms with Gasteiger partial charge in [0.2, 0.25) is 5.95 Å². The average Bonchev–Trinajstić information content (AvgIpc) is 3.12. The molecular weight excluding hydrogens is 449 g/mol. The summed E-state index contributed by atoms with van der Waals surface area (Å²) in [6, 6.07) is 4.80. The van der Waals surface area contributed by atoms with Crippen molar-refractivity contribution in [2.75, 3.05) is 37.8 Å². The monoisotopic (exact) mass is 469 g/mol. The minimum atomic E-state index is -0.986. The van der Waals surface area contributed by atoms with Gasteiger partial charge in [0.25, 0.3) is 5.56 Å². The van der Waals surface area contributed by atoms with Crippen molar-refractivity contribution in [3.8, 4) is 5.75 Å². The molecule has 1 aliphatic heterocycles. The zero-order valence-corrected chi connectivity index (χ0v) is 18.2. The summed E-state index contributed by atoms with van der Waals surface area (Å²) in [5.74, 6) is 0.864.